The van der Waals surface area contributed by atoms with E-state index in [2.05, 4.69) is 46.3 Å². The van der Waals surface area contributed by atoms with Crippen LogP contribution in [0.4, 0.5) is 0 Å². The Hall–Kier alpha value is -2.48. The van der Waals surface area contributed by atoms with Crippen molar-refractivity contribution in [2.24, 2.45) is 0 Å². The van der Waals surface area contributed by atoms with E-state index in [1.165, 1.54) is 11.1 Å². The highest BCUT2D eigenvalue weighted by Gasteiger charge is 2.21. The number of hydrogen-bond donors (Lipinski definition) is 1. The largest absolute Gasteiger partial charge is 0.340 e. The van der Waals surface area contributed by atoms with Crippen LogP contribution in [0.3, 0.4) is 0 Å². The predicted molar refractivity (Wildman–Crippen MR) is 126 cm³/mol. The lowest BCUT2D eigenvalue weighted by Gasteiger charge is -2.23. The molecule has 2 aromatic carbocycles. The van der Waals surface area contributed by atoms with Gasteiger partial charge in [-0.2, -0.15) is 5.10 Å². The number of halogens is 1. The molecule has 0 saturated carbocycles. The third-order valence-electron chi connectivity index (χ3n) is 5.75. The van der Waals surface area contributed by atoms with Gasteiger partial charge in [0.15, 0.2) is 10.6 Å². The summed E-state index contributed by atoms with van der Waals surface area (Å²) in [6.45, 7) is 6.56. The molecule has 162 valence electrons. The predicted octanol–water partition coefficient (Wildman–Crippen LogP) is 4.30. The third kappa shape index (κ3) is 5.23. The van der Waals surface area contributed by atoms with E-state index >= 15 is 0 Å². The summed E-state index contributed by atoms with van der Waals surface area (Å²) in [6, 6.07) is 15.9. The second kappa shape index (κ2) is 9.77. The molecule has 1 N–H and O–H groups in total. The minimum absolute atomic E-state index is 0.0606. The molecule has 6 nitrogen and oxygen atoms in total. The van der Waals surface area contributed by atoms with Gasteiger partial charge in [-0.05, 0) is 61.0 Å². The molecule has 0 unspecified atom stereocenters. The summed E-state index contributed by atoms with van der Waals surface area (Å²) < 4.78 is 2.20. The van der Waals surface area contributed by atoms with Crippen molar-refractivity contribution in [2.75, 3.05) is 26.2 Å². The number of rotatable bonds is 5. The number of amides is 1. The van der Waals surface area contributed by atoms with Crippen LogP contribution in [0.15, 0.2) is 48.5 Å². The quantitative estimate of drug-likeness (QED) is 0.582. The van der Waals surface area contributed by atoms with Gasteiger partial charge in [0.1, 0.15) is 6.54 Å². The molecular formula is C23H26ClN5OS. The monoisotopic (exact) mass is 455 g/mol. The average Bonchev–Trinajstić information content (AvgIpc) is 2.97. The summed E-state index contributed by atoms with van der Waals surface area (Å²) >= 11 is 11.4. The summed E-state index contributed by atoms with van der Waals surface area (Å²) in [7, 11) is 0. The Morgan fingerprint density at radius 3 is 2.65 bits per heavy atom. The van der Waals surface area contributed by atoms with Crippen molar-refractivity contribution >= 4 is 29.7 Å². The highest BCUT2D eigenvalue weighted by Crippen LogP contribution is 2.20. The molecule has 1 amide bonds. The van der Waals surface area contributed by atoms with Crippen LogP contribution in [0, 0.1) is 11.7 Å². The second-order valence-electron chi connectivity index (χ2n) is 7.88. The average molecular weight is 456 g/mol. The molecule has 0 aliphatic carbocycles. The van der Waals surface area contributed by atoms with Gasteiger partial charge >= 0.3 is 0 Å². The number of aromatic amines is 1. The Balaban J connectivity index is 1.42. The van der Waals surface area contributed by atoms with Gasteiger partial charge in [-0.15, -0.1) is 0 Å². The van der Waals surface area contributed by atoms with Gasteiger partial charge in [0.2, 0.25) is 5.91 Å². The van der Waals surface area contributed by atoms with Gasteiger partial charge in [0.25, 0.3) is 0 Å². The zero-order valence-corrected chi connectivity index (χ0v) is 19.1. The lowest BCUT2D eigenvalue weighted by atomic mass is 10.1. The summed E-state index contributed by atoms with van der Waals surface area (Å²) in [5.41, 5.74) is 3.52. The normalized spacial score (nSPS) is 15.1. The maximum Gasteiger partial charge on any atom is 0.242 e. The fourth-order valence-electron chi connectivity index (χ4n) is 3.93. The van der Waals surface area contributed by atoms with Crippen LogP contribution in [0.2, 0.25) is 5.02 Å². The SMILES string of the molecule is Cc1ccccc1CN1CCCN(C(=O)Cn2c(-c3ccc(Cl)cc3)n[nH]c2=S)CC1. The van der Waals surface area contributed by atoms with Gasteiger partial charge in [-0.25, -0.2) is 0 Å². The van der Waals surface area contributed by atoms with Crippen molar-refractivity contribution in [2.45, 2.75) is 26.4 Å². The molecule has 0 bridgehead atoms. The van der Waals surface area contributed by atoms with Crippen LogP contribution in [0.5, 0.6) is 0 Å². The highest BCUT2D eigenvalue weighted by atomic mass is 35.5. The van der Waals surface area contributed by atoms with Gasteiger partial charge in [-0.1, -0.05) is 35.9 Å². The Kier molecular flexibility index (Phi) is 6.85. The van der Waals surface area contributed by atoms with E-state index in [1.54, 1.807) is 16.7 Å². The van der Waals surface area contributed by atoms with Gasteiger partial charge in [0.05, 0.1) is 0 Å². The first-order valence-corrected chi connectivity index (χ1v) is 11.3. The fraction of sp³-hybridized carbons (Fsp3) is 0.348. The molecule has 1 aliphatic rings. The number of aromatic nitrogens is 3. The number of nitrogens with zero attached hydrogens (tertiary/aromatic N) is 4. The molecule has 2 heterocycles. The van der Waals surface area contributed by atoms with Gasteiger partial charge in [-0.3, -0.25) is 19.4 Å². The summed E-state index contributed by atoms with van der Waals surface area (Å²) in [6.07, 6.45) is 0.957. The molecule has 4 rings (SSSR count). The van der Waals surface area contributed by atoms with Crippen molar-refractivity contribution in [1.29, 1.82) is 0 Å². The van der Waals surface area contributed by atoms with Crippen LogP contribution < -0.4 is 0 Å². The Morgan fingerprint density at radius 1 is 1.10 bits per heavy atom. The molecule has 0 atom stereocenters. The van der Waals surface area contributed by atoms with Crippen molar-refractivity contribution in [1.82, 2.24) is 24.6 Å². The molecule has 0 radical (unpaired) electrons. The maximum atomic E-state index is 13.1. The first kappa shape index (κ1) is 21.7. The van der Waals surface area contributed by atoms with Crippen molar-refractivity contribution < 1.29 is 4.79 Å². The molecule has 1 saturated heterocycles. The van der Waals surface area contributed by atoms with Gasteiger partial charge in [0, 0.05) is 43.3 Å². The van der Waals surface area contributed by atoms with Gasteiger partial charge < -0.3 is 4.90 Å². The molecule has 3 aromatic rings. The highest BCUT2D eigenvalue weighted by molar-refractivity contribution is 7.71. The minimum atomic E-state index is 0.0606. The number of H-pyrrole nitrogens is 1. The van der Waals surface area contributed by atoms with Crippen molar-refractivity contribution in [3.63, 3.8) is 0 Å². The standard InChI is InChI=1S/C23H26ClN5OS/c1-17-5-2-3-6-19(17)15-27-11-4-12-28(14-13-27)21(30)16-29-22(25-26-23(29)31)18-7-9-20(24)10-8-18/h2-3,5-10H,4,11-16H2,1H3,(H,26,31). The zero-order chi connectivity index (χ0) is 21.8. The lowest BCUT2D eigenvalue weighted by Crippen LogP contribution is -2.37. The maximum absolute atomic E-state index is 13.1. The Morgan fingerprint density at radius 2 is 1.87 bits per heavy atom. The van der Waals surface area contributed by atoms with E-state index in [4.69, 9.17) is 23.8 Å². The number of carbonyl (C=O) groups excluding carboxylic acids is 1. The summed E-state index contributed by atoms with van der Waals surface area (Å²) in [4.78, 5) is 17.5. The molecule has 31 heavy (non-hydrogen) atoms. The zero-order valence-electron chi connectivity index (χ0n) is 17.6. The van der Waals surface area contributed by atoms with Crippen molar-refractivity contribution in [3.8, 4) is 11.4 Å². The first-order chi connectivity index (χ1) is 15.0. The smallest absolute Gasteiger partial charge is 0.242 e. The molecule has 1 aromatic heterocycles. The van der Waals surface area contributed by atoms with E-state index in [-0.39, 0.29) is 12.5 Å². The number of aryl methyl sites for hydroxylation is 1. The number of nitrogens with one attached hydrogen (secondary N) is 1. The third-order valence-corrected chi connectivity index (χ3v) is 6.31. The van der Waals surface area contributed by atoms with Crippen LogP contribution >= 0.6 is 23.8 Å². The van der Waals surface area contributed by atoms with E-state index in [0.717, 1.165) is 38.2 Å². The first-order valence-electron chi connectivity index (χ1n) is 10.5. The Bertz CT molecular complexity index is 1110. The number of benzene rings is 2. The van der Waals surface area contributed by atoms with Crippen LogP contribution in [0.25, 0.3) is 11.4 Å². The summed E-state index contributed by atoms with van der Waals surface area (Å²) in [5, 5.41) is 7.79. The molecular weight excluding hydrogens is 430 g/mol. The van der Waals surface area contributed by atoms with Crippen molar-refractivity contribution in [3.05, 3.63) is 69.5 Å². The number of carbonyl (C=O) groups is 1. The minimum Gasteiger partial charge on any atom is -0.340 e. The molecule has 1 fully saturated rings. The van der Waals surface area contributed by atoms with E-state index in [0.29, 0.717) is 22.2 Å². The number of hydrogen-bond acceptors (Lipinski definition) is 4. The fourth-order valence-corrected chi connectivity index (χ4v) is 4.25. The second-order valence-corrected chi connectivity index (χ2v) is 8.71. The molecule has 0 spiro atoms. The van der Waals surface area contributed by atoms with Crippen LogP contribution in [-0.2, 0) is 17.9 Å². The van der Waals surface area contributed by atoms with E-state index in [1.807, 2.05) is 17.0 Å². The van der Waals surface area contributed by atoms with E-state index in [9.17, 15) is 4.79 Å². The summed E-state index contributed by atoms with van der Waals surface area (Å²) in [5.74, 6) is 0.705. The Labute approximate surface area is 192 Å². The molecule has 8 heteroatoms. The lowest BCUT2D eigenvalue weighted by molar-refractivity contribution is -0.131. The van der Waals surface area contributed by atoms with E-state index < -0.39 is 0 Å². The molecule has 1 aliphatic heterocycles. The van der Waals surface area contributed by atoms with Crippen LogP contribution in [0.1, 0.15) is 17.5 Å². The van der Waals surface area contributed by atoms with Crippen LogP contribution in [-0.4, -0.2) is 56.7 Å². The topological polar surface area (TPSA) is 57.2 Å².